The number of hydrogen-bond acceptors (Lipinski definition) is 5. The molecule has 130 valence electrons. The molecule has 0 radical (unpaired) electrons. The summed E-state index contributed by atoms with van der Waals surface area (Å²) in [6, 6.07) is 6.65. The number of fused-ring (bicyclic) bond motifs is 1. The summed E-state index contributed by atoms with van der Waals surface area (Å²) in [7, 11) is 0. The van der Waals surface area contributed by atoms with Gasteiger partial charge >= 0.3 is 0 Å². The second kappa shape index (κ2) is 6.66. The summed E-state index contributed by atoms with van der Waals surface area (Å²) in [4.78, 5) is 30.1. The smallest absolute Gasteiger partial charge is 0.261 e. The number of rotatable bonds is 4. The van der Waals surface area contributed by atoms with Gasteiger partial charge in [0.1, 0.15) is 10.9 Å². The first-order chi connectivity index (χ1) is 11.9. The van der Waals surface area contributed by atoms with Gasteiger partial charge in [-0.05, 0) is 19.1 Å². The molecule has 0 fully saturated rings. The van der Waals surface area contributed by atoms with E-state index in [-0.39, 0.29) is 30.0 Å². The van der Waals surface area contributed by atoms with E-state index in [1.165, 1.54) is 0 Å². The number of halogens is 1. The number of nitrogens with one attached hydrogen (secondary N) is 2. The minimum atomic E-state index is -0.458. The van der Waals surface area contributed by atoms with Crippen LogP contribution in [0.15, 0.2) is 29.3 Å². The van der Waals surface area contributed by atoms with Crippen molar-refractivity contribution in [1.82, 2.24) is 20.6 Å². The van der Waals surface area contributed by atoms with Gasteiger partial charge in [0.15, 0.2) is 5.82 Å². The molecule has 25 heavy (non-hydrogen) atoms. The summed E-state index contributed by atoms with van der Waals surface area (Å²) in [6.07, 6.45) is 0. The molecule has 0 saturated heterocycles. The number of carbonyl (C=O) groups is 2. The number of hydroxylamine groups is 1. The lowest BCUT2D eigenvalue weighted by Crippen LogP contribution is -2.39. The van der Waals surface area contributed by atoms with Crippen LogP contribution in [-0.2, 0) is 0 Å². The highest BCUT2D eigenvalue weighted by atomic mass is 35.5. The van der Waals surface area contributed by atoms with E-state index in [4.69, 9.17) is 11.6 Å². The average molecular weight is 362 g/mol. The molecule has 1 atom stereocenters. The summed E-state index contributed by atoms with van der Waals surface area (Å²) in [5, 5.41) is 16.3. The van der Waals surface area contributed by atoms with Crippen LogP contribution in [0.2, 0.25) is 5.02 Å². The predicted octanol–water partition coefficient (Wildman–Crippen LogP) is 2.31. The Morgan fingerprint density at radius 1 is 1.36 bits per heavy atom. The number of aryl methyl sites for hydroxylation is 1. The molecule has 9 heteroatoms. The van der Waals surface area contributed by atoms with Gasteiger partial charge in [0.2, 0.25) is 0 Å². The third-order valence-corrected chi connectivity index (χ3v) is 4.45. The van der Waals surface area contributed by atoms with E-state index in [0.717, 1.165) is 4.90 Å². The highest BCUT2D eigenvalue weighted by Gasteiger charge is 2.36. The number of benzene rings is 1. The summed E-state index contributed by atoms with van der Waals surface area (Å²) in [5.41, 5.74) is 3.40. The monoisotopic (exact) mass is 361 g/mol. The van der Waals surface area contributed by atoms with Gasteiger partial charge in [0.25, 0.3) is 11.8 Å². The molecule has 0 spiro atoms. The normalized spacial score (nSPS) is 15.5. The number of nitrogens with zero attached hydrogens (tertiary/aromatic N) is 3. The fraction of sp³-hybridized carbons (Fsp3) is 0.250. The Morgan fingerprint density at radius 2 is 1.96 bits per heavy atom. The topological polar surface area (TPSA) is 111 Å². The summed E-state index contributed by atoms with van der Waals surface area (Å²) >= 11 is 6.06. The van der Waals surface area contributed by atoms with Gasteiger partial charge in [-0.1, -0.05) is 30.7 Å². The number of hydrogen-bond donors (Lipinski definition) is 3. The first-order valence-electron chi connectivity index (χ1n) is 7.58. The van der Waals surface area contributed by atoms with Crippen molar-refractivity contribution in [2.45, 2.75) is 13.8 Å². The van der Waals surface area contributed by atoms with Crippen molar-refractivity contribution in [3.8, 4) is 0 Å². The van der Waals surface area contributed by atoms with Crippen molar-refractivity contribution in [2.75, 3.05) is 6.54 Å². The Labute approximate surface area is 148 Å². The molecule has 2 heterocycles. The van der Waals surface area contributed by atoms with Crippen LogP contribution in [0.25, 0.3) is 0 Å². The van der Waals surface area contributed by atoms with Crippen molar-refractivity contribution in [3.05, 3.63) is 46.1 Å². The van der Waals surface area contributed by atoms with Crippen LogP contribution in [0.5, 0.6) is 0 Å². The number of amides is 2. The van der Waals surface area contributed by atoms with Crippen LogP contribution < -0.4 is 5.48 Å². The minimum absolute atomic E-state index is 0.0553. The molecule has 0 bridgehead atoms. The van der Waals surface area contributed by atoms with Crippen LogP contribution in [-0.4, -0.2) is 44.5 Å². The largest absolute Gasteiger partial charge is 0.290 e. The maximum absolute atomic E-state index is 12.4. The molecule has 0 saturated carbocycles. The maximum atomic E-state index is 12.4. The lowest BCUT2D eigenvalue weighted by atomic mass is 10.1. The summed E-state index contributed by atoms with van der Waals surface area (Å²) in [5.74, 6) is -0.827. The first kappa shape index (κ1) is 17.1. The molecule has 2 aromatic rings. The Kier molecular flexibility index (Phi) is 4.56. The predicted molar refractivity (Wildman–Crippen MR) is 91.3 cm³/mol. The number of carbonyl (C=O) groups excluding carboxylic acids is 2. The zero-order chi connectivity index (χ0) is 18.1. The molecule has 3 N–H and O–H groups in total. The second-order valence-corrected chi connectivity index (χ2v) is 6.14. The van der Waals surface area contributed by atoms with E-state index in [2.05, 4.69) is 15.2 Å². The van der Waals surface area contributed by atoms with Crippen LogP contribution in [0, 0.1) is 12.8 Å². The molecule has 1 aliphatic rings. The molecule has 1 aliphatic heterocycles. The van der Waals surface area contributed by atoms with E-state index >= 15 is 0 Å². The third kappa shape index (κ3) is 3.01. The molecular weight excluding hydrogens is 346 g/mol. The number of imide groups is 1. The van der Waals surface area contributed by atoms with E-state index in [1.54, 1.807) is 38.1 Å². The molecule has 1 unspecified atom stereocenters. The van der Waals surface area contributed by atoms with Crippen molar-refractivity contribution in [3.63, 3.8) is 0 Å². The highest BCUT2D eigenvalue weighted by molar-refractivity contribution is 6.33. The SMILES string of the molecule is Cc1[nH]nc(N=C(NO)C(C)CN2C(=O)c3ccccc3C2=O)c1Cl. The van der Waals surface area contributed by atoms with E-state index in [9.17, 15) is 14.8 Å². The van der Waals surface area contributed by atoms with E-state index in [0.29, 0.717) is 21.8 Å². The van der Waals surface area contributed by atoms with Crippen molar-refractivity contribution in [2.24, 2.45) is 10.9 Å². The van der Waals surface area contributed by atoms with Crippen molar-refractivity contribution in [1.29, 1.82) is 0 Å². The molecule has 2 amide bonds. The number of aliphatic imine (C=N–C) groups is 1. The highest BCUT2D eigenvalue weighted by Crippen LogP contribution is 2.26. The minimum Gasteiger partial charge on any atom is -0.290 e. The first-order valence-corrected chi connectivity index (χ1v) is 7.96. The second-order valence-electron chi connectivity index (χ2n) is 5.76. The quantitative estimate of drug-likeness (QED) is 0.335. The van der Waals surface area contributed by atoms with Gasteiger partial charge in [0.05, 0.1) is 16.8 Å². The van der Waals surface area contributed by atoms with Gasteiger partial charge in [-0.3, -0.25) is 30.3 Å². The maximum Gasteiger partial charge on any atom is 0.261 e. The van der Waals surface area contributed by atoms with Crippen LogP contribution in [0.3, 0.4) is 0 Å². The van der Waals surface area contributed by atoms with Crippen LogP contribution in [0.4, 0.5) is 5.82 Å². The number of H-pyrrole nitrogens is 1. The van der Waals surface area contributed by atoms with E-state index in [1.807, 2.05) is 5.48 Å². The Hall–Kier alpha value is -2.71. The van der Waals surface area contributed by atoms with Gasteiger partial charge in [-0.15, -0.1) is 0 Å². The molecule has 1 aromatic carbocycles. The summed E-state index contributed by atoms with van der Waals surface area (Å²) in [6.45, 7) is 3.52. The number of aromatic amines is 1. The molecule has 1 aromatic heterocycles. The zero-order valence-electron chi connectivity index (χ0n) is 13.6. The third-order valence-electron chi connectivity index (χ3n) is 4.00. The fourth-order valence-corrected chi connectivity index (χ4v) is 2.73. The van der Waals surface area contributed by atoms with Gasteiger partial charge < -0.3 is 0 Å². The van der Waals surface area contributed by atoms with Crippen molar-refractivity contribution < 1.29 is 14.8 Å². The summed E-state index contributed by atoms with van der Waals surface area (Å²) < 4.78 is 0. The Morgan fingerprint density at radius 3 is 2.44 bits per heavy atom. The molecule has 3 rings (SSSR count). The lowest BCUT2D eigenvalue weighted by Gasteiger charge is -2.20. The van der Waals surface area contributed by atoms with E-state index < -0.39 is 5.92 Å². The number of aromatic nitrogens is 2. The zero-order valence-corrected chi connectivity index (χ0v) is 14.3. The fourth-order valence-electron chi connectivity index (χ4n) is 2.60. The van der Waals surface area contributed by atoms with Crippen molar-refractivity contribution >= 4 is 35.1 Å². The Balaban J connectivity index is 1.82. The Bertz CT molecular complexity index is 841. The lowest BCUT2D eigenvalue weighted by molar-refractivity contribution is 0.0642. The molecule has 8 nitrogen and oxygen atoms in total. The standard InChI is InChI=1S/C16H16ClN5O3/c1-8(13(21-25)18-14-12(17)9(2)19-20-14)7-22-15(23)10-5-3-4-6-11(10)16(22)24/h3-6,8,25H,7H2,1-2H3,(H2,18,19,20,21). The molecular formula is C16H16ClN5O3. The van der Waals surface area contributed by atoms with Crippen LogP contribution >= 0.6 is 11.6 Å². The molecule has 0 aliphatic carbocycles. The van der Waals surface area contributed by atoms with Gasteiger partial charge in [0, 0.05) is 12.5 Å². The van der Waals surface area contributed by atoms with Gasteiger partial charge in [-0.25, -0.2) is 4.99 Å². The van der Waals surface area contributed by atoms with Crippen LogP contribution in [0.1, 0.15) is 33.3 Å². The average Bonchev–Trinajstić information content (AvgIpc) is 3.05. The number of amidine groups is 1. The van der Waals surface area contributed by atoms with Gasteiger partial charge in [-0.2, -0.15) is 5.10 Å².